The SMILES string of the molecule is Cc1cc(O)ccc1NC(=O)/C(C#N)=C\NCc1ccncc1. The van der Waals surface area contributed by atoms with E-state index in [2.05, 4.69) is 15.6 Å². The molecule has 0 unspecified atom stereocenters. The van der Waals surface area contributed by atoms with Gasteiger partial charge in [-0.1, -0.05) is 0 Å². The molecule has 0 fully saturated rings. The van der Waals surface area contributed by atoms with Crippen LogP contribution < -0.4 is 10.6 Å². The van der Waals surface area contributed by atoms with Crippen LogP contribution in [0.25, 0.3) is 0 Å². The summed E-state index contributed by atoms with van der Waals surface area (Å²) in [7, 11) is 0. The van der Waals surface area contributed by atoms with Crippen molar-refractivity contribution in [1.82, 2.24) is 10.3 Å². The van der Waals surface area contributed by atoms with E-state index in [1.807, 2.05) is 18.2 Å². The summed E-state index contributed by atoms with van der Waals surface area (Å²) in [5, 5.41) is 24.1. The lowest BCUT2D eigenvalue weighted by molar-refractivity contribution is -0.112. The van der Waals surface area contributed by atoms with Gasteiger partial charge in [0.2, 0.25) is 0 Å². The zero-order valence-electron chi connectivity index (χ0n) is 12.6. The summed E-state index contributed by atoms with van der Waals surface area (Å²) in [5.74, 6) is -0.390. The van der Waals surface area contributed by atoms with Crippen molar-refractivity contribution in [3.63, 3.8) is 0 Å². The number of aryl methyl sites for hydroxylation is 1. The number of nitrogens with zero attached hydrogens (tertiary/aromatic N) is 2. The molecule has 0 atom stereocenters. The summed E-state index contributed by atoms with van der Waals surface area (Å²) in [6.45, 7) is 2.24. The summed E-state index contributed by atoms with van der Waals surface area (Å²) in [6.07, 6.45) is 4.73. The predicted molar refractivity (Wildman–Crippen MR) is 86.2 cm³/mol. The van der Waals surface area contributed by atoms with Crippen molar-refractivity contribution < 1.29 is 9.90 Å². The first-order chi connectivity index (χ1) is 11.1. The van der Waals surface area contributed by atoms with Gasteiger partial charge in [-0.05, 0) is 48.4 Å². The maximum absolute atomic E-state index is 12.1. The Bertz CT molecular complexity index is 764. The molecule has 6 nitrogen and oxygen atoms in total. The molecule has 2 aromatic rings. The Balaban J connectivity index is 2.00. The van der Waals surface area contributed by atoms with Crippen molar-refractivity contribution in [2.75, 3.05) is 5.32 Å². The van der Waals surface area contributed by atoms with Crippen molar-refractivity contribution in [3.05, 3.63) is 65.6 Å². The first-order valence-electron chi connectivity index (χ1n) is 6.93. The molecule has 1 aromatic carbocycles. The molecule has 0 saturated heterocycles. The molecule has 1 heterocycles. The number of aromatic nitrogens is 1. The summed E-state index contributed by atoms with van der Waals surface area (Å²) >= 11 is 0. The average Bonchev–Trinajstić information content (AvgIpc) is 2.55. The van der Waals surface area contributed by atoms with Crippen LogP contribution in [-0.2, 0) is 11.3 Å². The van der Waals surface area contributed by atoms with Crippen LogP contribution in [0.3, 0.4) is 0 Å². The van der Waals surface area contributed by atoms with Gasteiger partial charge in [-0.3, -0.25) is 9.78 Å². The van der Waals surface area contributed by atoms with Crippen LogP contribution in [0, 0.1) is 18.3 Å². The van der Waals surface area contributed by atoms with Crippen LogP contribution in [0.2, 0.25) is 0 Å². The fraction of sp³-hybridized carbons (Fsp3) is 0.118. The smallest absolute Gasteiger partial charge is 0.267 e. The van der Waals surface area contributed by atoms with Gasteiger partial charge in [0, 0.05) is 30.8 Å². The van der Waals surface area contributed by atoms with Crippen LogP contribution in [0.4, 0.5) is 5.69 Å². The van der Waals surface area contributed by atoms with Crippen molar-refractivity contribution >= 4 is 11.6 Å². The Morgan fingerprint density at radius 2 is 2.09 bits per heavy atom. The zero-order chi connectivity index (χ0) is 16.7. The minimum Gasteiger partial charge on any atom is -0.508 e. The van der Waals surface area contributed by atoms with Gasteiger partial charge >= 0.3 is 0 Å². The maximum Gasteiger partial charge on any atom is 0.267 e. The van der Waals surface area contributed by atoms with Crippen LogP contribution in [0.15, 0.2) is 54.5 Å². The minimum atomic E-state index is -0.511. The molecule has 0 aliphatic rings. The molecule has 0 bridgehead atoms. The number of phenolic OH excluding ortho intramolecular Hbond substituents is 1. The van der Waals surface area contributed by atoms with E-state index in [1.165, 1.54) is 18.3 Å². The molecule has 116 valence electrons. The second-order valence-corrected chi connectivity index (χ2v) is 4.86. The van der Waals surface area contributed by atoms with E-state index < -0.39 is 5.91 Å². The van der Waals surface area contributed by atoms with E-state index in [0.29, 0.717) is 17.8 Å². The summed E-state index contributed by atoms with van der Waals surface area (Å²) in [6, 6.07) is 10.1. The number of benzene rings is 1. The number of anilines is 1. The number of amides is 1. The molecule has 1 amide bonds. The molecule has 0 radical (unpaired) electrons. The number of carbonyl (C=O) groups is 1. The molecule has 23 heavy (non-hydrogen) atoms. The van der Waals surface area contributed by atoms with E-state index in [1.54, 1.807) is 25.4 Å². The highest BCUT2D eigenvalue weighted by molar-refractivity contribution is 6.06. The van der Waals surface area contributed by atoms with Crippen LogP contribution >= 0.6 is 0 Å². The Labute approximate surface area is 134 Å². The number of hydrogen-bond acceptors (Lipinski definition) is 5. The lowest BCUT2D eigenvalue weighted by atomic mass is 10.2. The number of phenols is 1. The molecule has 0 spiro atoms. The molecule has 0 aliphatic carbocycles. The van der Waals surface area contributed by atoms with Gasteiger partial charge < -0.3 is 15.7 Å². The second-order valence-electron chi connectivity index (χ2n) is 4.86. The maximum atomic E-state index is 12.1. The molecule has 2 rings (SSSR count). The van der Waals surface area contributed by atoms with Gasteiger partial charge in [-0.2, -0.15) is 5.26 Å². The Hall–Kier alpha value is -3.33. The van der Waals surface area contributed by atoms with Crippen LogP contribution in [-0.4, -0.2) is 16.0 Å². The number of aromatic hydroxyl groups is 1. The van der Waals surface area contributed by atoms with Gasteiger partial charge in [0.25, 0.3) is 5.91 Å². The molecule has 0 aliphatic heterocycles. The molecular formula is C17H16N4O2. The topological polar surface area (TPSA) is 98.0 Å². The lowest BCUT2D eigenvalue weighted by Crippen LogP contribution is -2.17. The molecule has 0 saturated carbocycles. The summed E-state index contributed by atoms with van der Waals surface area (Å²) in [5.41, 5.74) is 2.21. The summed E-state index contributed by atoms with van der Waals surface area (Å²) < 4.78 is 0. The number of nitriles is 1. The number of pyridine rings is 1. The Morgan fingerprint density at radius 1 is 1.35 bits per heavy atom. The molecule has 6 heteroatoms. The van der Waals surface area contributed by atoms with Gasteiger partial charge in [0.1, 0.15) is 17.4 Å². The van der Waals surface area contributed by atoms with Crippen molar-refractivity contribution in [3.8, 4) is 11.8 Å². The minimum absolute atomic E-state index is 0.0356. The third-order valence-electron chi connectivity index (χ3n) is 3.13. The number of nitrogens with one attached hydrogen (secondary N) is 2. The molecule has 1 aromatic heterocycles. The number of carbonyl (C=O) groups excluding carboxylic acids is 1. The highest BCUT2D eigenvalue weighted by Crippen LogP contribution is 2.20. The van der Waals surface area contributed by atoms with Crippen molar-refractivity contribution in [2.45, 2.75) is 13.5 Å². The lowest BCUT2D eigenvalue weighted by Gasteiger charge is -2.08. The van der Waals surface area contributed by atoms with Gasteiger partial charge in [0.15, 0.2) is 0 Å². The number of rotatable bonds is 5. The summed E-state index contributed by atoms with van der Waals surface area (Å²) in [4.78, 5) is 16.0. The monoisotopic (exact) mass is 308 g/mol. The Kier molecular flexibility index (Phi) is 5.31. The quantitative estimate of drug-likeness (QED) is 0.447. The highest BCUT2D eigenvalue weighted by atomic mass is 16.3. The van der Waals surface area contributed by atoms with E-state index in [9.17, 15) is 9.90 Å². The Morgan fingerprint density at radius 3 is 2.74 bits per heavy atom. The van der Waals surface area contributed by atoms with Crippen LogP contribution in [0.1, 0.15) is 11.1 Å². The normalized spacial score (nSPS) is 10.7. The predicted octanol–water partition coefficient (Wildman–Crippen LogP) is 2.23. The first-order valence-corrected chi connectivity index (χ1v) is 6.93. The zero-order valence-corrected chi connectivity index (χ0v) is 12.6. The van der Waals surface area contributed by atoms with Gasteiger partial charge in [0.05, 0.1) is 0 Å². The van der Waals surface area contributed by atoms with E-state index in [0.717, 1.165) is 5.56 Å². The fourth-order valence-electron chi connectivity index (χ4n) is 1.90. The van der Waals surface area contributed by atoms with Gasteiger partial charge in [-0.25, -0.2) is 0 Å². The third kappa shape index (κ3) is 4.58. The van der Waals surface area contributed by atoms with Gasteiger partial charge in [-0.15, -0.1) is 0 Å². The van der Waals surface area contributed by atoms with E-state index >= 15 is 0 Å². The number of hydrogen-bond donors (Lipinski definition) is 3. The largest absolute Gasteiger partial charge is 0.508 e. The molecular weight excluding hydrogens is 292 g/mol. The third-order valence-corrected chi connectivity index (χ3v) is 3.13. The first kappa shape index (κ1) is 16.0. The van der Waals surface area contributed by atoms with Crippen LogP contribution in [0.5, 0.6) is 5.75 Å². The van der Waals surface area contributed by atoms with Crippen molar-refractivity contribution in [2.24, 2.45) is 0 Å². The van der Waals surface area contributed by atoms with E-state index in [-0.39, 0.29) is 11.3 Å². The standard InChI is InChI=1S/C17H16N4O2/c1-12-8-15(22)2-3-16(12)21-17(23)14(9-18)11-20-10-13-4-6-19-7-5-13/h2-8,11,20,22H,10H2,1H3,(H,21,23)/b14-11-. The fourth-order valence-corrected chi connectivity index (χ4v) is 1.90. The average molecular weight is 308 g/mol. The second kappa shape index (κ2) is 7.61. The van der Waals surface area contributed by atoms with Crippen molar-refractivity contribution in [1.29, 1.82) is 5.26 Å². The van der Waals surface area contributed by atoms with E-state index in [4.69, 9.17) is 5.26 Å². The highest BCUT2D eigenvalue weighted by Gasteiger charge is 2.10. The molecule has 3 N–H and O–H groups in total.